The first kappa shape index (κ1) is 16.9. The minimum Gasteiger partial charge on any atom is -0.393 e. The molecule has 1 aliphatic heterocycles. The summed E-state index contributed by atoms with van der Waals surface area (Å²) >= 11 is 0. The SMILES string of the molecule is COCCOCC(O)CN1CCCCC1CC(C)O. The van der Waals surface area contributed by atoms with Gasteiger partial charge in [-0.15, -0.1) is 0 Å². The number of β-amino-alcohol motifs (C(OH)–C–C–N with tert-alkyl or cyclic N) is 1. The lowest BCUT2D eigenvalue weighted by Crippen LogP contribution is -2.45. The van der Waals surface area contributed by atoms with Crippen molar-refractivity contribution in [1.82, 2.24) is 4.90 Å². The van der Waals surface area contributed by atoms with Gasteiger partial charge in [-0.3, -0.25) is 4.90 Å². The molecule has 1 fully saturated rings. The van der Waals surface area contributed by atoms with Crippen LogP contribution in [0.5, 0.6) is 0 Å². The monoisotopic (exact) mass is 275 g/mol. The minimum absolute atomic E-state index is 0.277. The molecule has 0 saturated carbocycles. The third-order valence-corrected chi connectivity index (χ3v) is 3.55. The van der Waals surface area contributed by atoms with Crippen LogP contribution >= 0.6 is 0 Å². The van der Waals surface area contributed by atoms with Crippen LogP contribution in [0.2, 0.25) is 0 Å². The third-order valence-electron chi connectivity index (χ3n) is 3.55. The number of rotatable bonds is 9. The van der Waals surface area contributed by atoms with Gasteiger partial charge in [-0.1, -0.05) is 6.42 Å². The van der Waals surface area contributed by atoms with Gasteiger partial charge in [-0.2, -0.15) is 0 Å². The lowest BCUT2D eigenvalue weighted by Gasteiger charge is -2.37. The highest BCUT2D eigenvalue weighted by atomic mass is 16.5. The molecule has 5 nitrogen and oxygen atoms in total. The zero-order valence-corrected chi connectivity index (χ0v) is 12.3. The number of aliphatic hydroxyl groups excluding tert-OH is 2. The van der Waals surface area contributed by atoms with Gasteiger partial charge >= 0.3 is 0 Å². The molecule has 1 heterocycles. The molecule has 0 bridgehead atoms. The molecule has 0 spiro atoms. The summed E-state index contributed by atoms with van der Waals surface area (Å²) in [6.45, 7) is 4.89. The van der Waals surface area contributed by atoms with Crippen LogP contribution in [0.25, 0.3) is 0 Å². The highest BCUT2D eigenvalue weighted by Gasteiger charge is 2.25. The van der Waals surface area contributed by atoms with Crippen LogP contribution in [-0.2, 0) is 9.47 Å². The fraction of sp³-hybridized carbons (Fsp3) is 1.00. The summed E-state index contributed by atoms with van der Waals surface area (Å²) < 4.78 is 10.2. The van der Waals surface area contributed by atoms with Crippen LogP contribution in [0.3, 0.4) is 0 Å². The molecule has 1 rings (SSSR count). The molecule has 0 amide bonds. The molecule has 1 saturated heterocycles. The smallest absolute Gasteiger partial charge is 0.0900 e. The second-order valence-electron chi connectivity index (χ2n) is 5.45. The molecular formula is C14H29NO4. The topological polar surface area (TPSA) is 62.2 Å². The van der Waals surface area contributed by atoms with E-state index in [2.05, 4.69) is 4.90 Å². The average molecular weight is 275 g/mol. The van der Waals surface area contributed by atoms with Crippen molar-refractivity contribution in [3.05, 3.63) is 0 Å². The second-order valence-corrected chi connectivity index (χ2v) is 5.45. The lowest BCUT2D eigenvalue weighted by atomic mass is 9.97. The Labute approximate surface area is 116 Å². The van der Waals surface area contributed by atoms with Gasteiger partial charge in [-0.25, -0.2) is 0 Å². The number of likely N-dealkylation sites (tertiary alicyclic amines) is 1. The number of ether oxygens (including phenoxy) is 2. The van der Waals surface area contributed by atoms with E-state index in [1.165, 1.54) is 12.8 Å². The highest BCUT2D eigenvalue weighted by molar-refractivity contribution is 4.80. The first-order valence-corrected chi connectivity index (χ1v) is 7.30. The van der Waals surface area contributed by atoms with Crippen molar-refractivity contribution in [2.75, 3.05) is 40.0 Å². The quantitative estimate of drug-likeness (QED) is 0.605. The zero-order chi connectivity index (χ0) is 14.1. The molecule has 114 valence electrons. The number of methoxy groups -OCH3 is 1. The molecule has 2 N–H and O–H groups in total. The Morgan fingerprint density at radius 3 is 2.74 bits per heavy atom. The summed E-state index contributed by atoms with van der Waals surface area (Å²) in [6, 6.07) is 0.391. The van der Waals surface area contributed by atoms with E-state index in [1.807, 2.05) is 6.92 Å². The van der Waals surface area contributed by atoms with E-state index in [-0.39, 0.29) is 6.10 Å². The van der Waals surface area contributed by atoms with Crippen molar-refractivity contribution in [3.63, 3.8) is 0 Å². The predicted molar refractivity (Wildman–Crippen MR) is 74.2 cm³/mol. The Bertz CT molecular complexity index is 225. The summed E-state index contributed by atoms with van der Waals surface area (Å²) in [6.07, 6.45) is 3.55. The van der Waals surface area contributed by atoms with Gasteiger partial charge in [-0.05, 0) is 32.7 Å². The Balaban J connectivity index is 2.26. The molecule has 3 atom stereocenters. The zero-order valence-electron chi connectivity index (χ0n) is 12.3. The van der Waals surface area contributed by atoms with E-state index in [9.17, 15) is 10.2 Å². The van der Waals surface area contributed by atoms with Crippen LogP contribution in [0.15, 0.2) is 0 Å². The van der Waals surface area contributed by atoms with Crippen molar-refractivity contribution in [2.24, 2.45) is 0 Å². The second kappa shape index (κ2) is 9.66. The van der Waals surface area contributed by atoms with Crippen LogP contribution in [0.4, 0.5) is 0 Å². The maximum atomic E-state index is 9.98. The van der Waals surface area contributed by atoms with Gasteiger partial charge in [0, 0.05) is 19.7 Å². The summed E-state index contributed by atoms with van der Waals surface area (Å²) in [5, 5.41) is 19.5. The van der Waals surface area contributed by atoms with E-state index in [0.29, 0.717) is 32.4 Å². The van der Waals surface area contributed by atoms with Crippen molar-refractivity contribution >= 4 is 0 Å². The Hall–Kier alpha value is -0.200. The molecule has 1 aliphatic rings. The average Bonchev–Trinajstić information content (AvgIpc) is 2.36. The summed E-state index contributed by atoms with van der Waals surface area (Å²) in [5.41, 5.74) is 0. The number of aliphatic hydroxyl groups is 2. The van der Waals surface area contributed by atoms with E-state index in [1.54, 1.807) is 7.11 Å². The maximum Gasteiger partial charge on any atom is 0.0900 e. The Kier molecular flexibility index (Phi) is 8.57. The number of nitrogens with zero attached hydrogens (tertiary/aromatic N) is 1. The molecule has 3 unspecified atom stereocenters. The molecule has 5 heteroatoms. The van der Waals surface area contributed by atoms with Crippen LogP contribution < -0.4 is 0 Å². The van der Waals surface area contributed by atoms with Crippen molar-refractivity contribution in [1.29, 1.82) is 0 Å². The standard InChI is InChI=1S/C14H29NO4/c1-12(16)9-13-5-3-4-6-15(13)10-14(17)11-19-8-7-18-2/h12-14,16-17H,3-11H2,1-2H3. The molecule has 0 aromatic carbocycles. The highest BCUT2D eigenvalue weighted by Crippen LogP contribution is 2.21. The summed E-state index contributed by atoms with van der Waals surface area (Å²) in [5.74, 6) is 0. The van der Waals surface area contributed by atoms with Crippen LogP contribution in [0, 0.1) is 0 Å². The van der Waals surface area contributed by atoms with E-state index in [0.717, 1.165) is 19.4 Å². The van der Waals surface area contributed by atoms with Crippen LogP contribution in [-0.4, -0.2) is 73.4 Å². The van der Waals surface area contributed by atoms with Gasteiger partial charge in [0.1, 0.15) is 0 Å². The summed E-state index contributed by atoms with van der Waals surface area (Å²) in [7, 11) is 1.63. The minimum atomic E-state index is -0.466. The van der Waals surface area contributed by atoms with Gasteiger partial charge in [0.2, 0.25) is 0 Å². The van der Waals surface area contributed by atoms with Crippen molar-refractivity contribution in [2.45, 2.75) is 50.9 Å². The molecule has 0 aliphatic carbocycles. The largest absolute Gasteiger partial charge is 0.393 e. The fourth-order valence-electron chi connectivity index (χ4n) is 2.65. The van der Waals surface area contributed by atoms with Crippen LogP contribution in [0.1, 0.15) is 32.6 Å². The molecule has 19 heavy (non-hydrogen) atoms. The number of hydrogen-bond donors (Lipinski definition) is 2. The van der Waals surface area contributed by atoms with Gasteiger partial charge in [0.25, 0.3) is 0 Å². The van der Waals surface area contributed by atoms with Gasteiger partial charge in [0.15, 0.2) is 0 Å². The number of hydrogen-bond acceptors (Lipinski definition) is 5. The van der Waals surface area contributed by atoms with E-state index >= 15 is 0 Å². The molecular weight excluding hydrogens is 246 g/mol. The Morgan fingerprint density at radius 1 is 1.26 bits per heavy atom. The predicted octanol–water partition coefficient (Wildman–Crippen LogP) is 0.636. The van der Waals surface area contributed by atoms with Crippen molar-refractivity contribution < 1.29 is 19.7 Å². The first-order chi connectivity index (χ1) is 9.13. The van der Waals surface area contributed by atoms with Gasteiger partial charge < -0.3 is 19.7 Å². The fourth-order valence-corrected chi connectivity index (χ4v) is 2.65. The van der Waals surface area contributed by atoms with E-state index in [4.69, 9.17) is 9.47 Å². The maximum absolute atomic E-state index is 9.98. The summed E-state index contributed by atoms with van der Waals surface area (Å²) in [4.78, 5) is 2.29. The number of piperidine rings is 1. The third kappa shape index (κ3) is 7.22. The molecule has 0 radical (unpaired) electrons. The molecule has 0 aromatic heterocycles. The van der Waals surface area contributed by atoms with E-state index < -0.39 is 6.10 Å². The Morgan fingerprint density at radius 2 is 2.05 bits per heavy atom. The van der Waals surface area contributed by atoms with Gasteiger partial charge in [0.05, 0.1) is 32.0 Å². The lowest BCUT2D eigenvalue weighted by molar-refractivity contribution is -0.0155. The molecule has 0 aromatic rings. The van der Waals surface area contributed by atoms with Crippen molar-refractivity contribution in [3.8, 4) is 0 Å². The first-order valence-electron chi connectivity index (χ1n) is 7.30. The normalized spacial score (nSPS) is 24.3.